The molecule has 0 saturated heterocycles. The molecule has 0 radical (unpaired) electrons. The molecule has 12 heavy (non-hydrogen) atoms. The summed E-state index contributed by atoms with van der Waals surface area (Å²) in [5.41, 5.74) is 5.44. The fourth-order valence-electron chi connectivity index (χ4n) is 0.762. The molecule has 5 heteroatoms. The molecule has 0 bridgehead atoms. The molecule has 4 N–H and O–H groups in total. The quantitative estimate of drug-likeness (QED) is 0.529. The number of rotatable bonds is 6. The Labute approximate surface area is 70.2 Å². The highest BCUT2D eigenvalue weighted by Crippen LogP contribution is 2.01. The second-order valence-corrected chi connectivity index (χ2v) is 2.62. The van der Waals surface area contributed by atoms with Crippen molar-refractivity contribution >= 4 is 11.9 Å². The molecule has 0 atom stereocenters. The van der Waals surface area contributed by atoms with Crippen LogP contribution in [0.3, 0.4) is 0 Å². The second-order valence-electron chi connectivity index (χ2n) is 2.62. The largest absolute Gasteiger partial charge is 0.481 e. The summed E-state index contributed by atoms with van der Waals surface area (Å²) in [4.78, 5) is 20.1. The average molecular weight is 175 g/mol. The van der Waals surface area contributed by atoms with Crippen molar-refractivity contribution < 1.29 is 19.8 Å². The molecule has 0 unspecified atom stereocenters. The van der Waals surface area contributed by atoms with E-state index >= 15 is 0 Å². The van der Waals surface area contributed by atoms with E-state index in [1.54, 1.807) is 0 Å². The number of carboxylic acid groups (broad SMARTS) is 2. The van der Waals surface area contributed by atoms with Gasteiger partial charge in [0.2, 0.25) is 0 Å². The zero-order chi connectivity index (χ0) is 9.56. The smallest absolute Gasteiger partial charge is 0.303 e. The monoisotopic (exact) mass is 175 g/mol. The van der Waals surface area contributed by atoms with Crippen molar-refractivity contribution in [2.45, 2.75) is 31.7 Å². The summed E-state index contributed by atoms with van der Waals surface area (Å²) >= 11 is 0. The van der Waals surface area contributed by atoms with Gasteiger partial charge in [-0.15, -0.1) is 0 Å². The highest BCUT2D eigenvalue weighted by molar-refractivity contribution is 5.67. The van der Waals surface area contributed by atoms with Gasteiger partial charge in [0, 0.05) is 18.9 Å². The van der Waals surface area contributed by atoms with E-state index in [2.05, 4.69) is 0 Å². The fourth-order valence-corrected chi connectivity index (χ4v) is 0.762. The van der Waals surface area contributed by atoms with Crippen molar-refractivity contribution in [3.05, 3.63) is 0 Å². The van der Waals surface area contributed by atoms with Gasteiger partial charge in [-0.3, -0.25) is 9.59 Å². The van der Waals surface area contributed by atoms with Crippen LogP contribution in [0.4, 0.5) is 0 Å². The van der Waals surface area contributed by atoms with Crippen LogP contribution in [0.15, 0.2) is 0 Å². The Hall–Kier alpha value is -1.10. The van der Waals surface area contributed by atoms with Crippen LogP contribution in [0.25, 0.3) is 0 Å². The van der Waals surface area contributed by atoms with Crippen molar-refractivity contribution in [2.24, 2.45) is 5.73 Å². The van der Waals surface area contributed by atoms with E-state index in [1.807, 2.05) is 0 Å². The van der Waals surface area contributed by atoms with E-state index in [-0.39, 0.29) is 18.9 Å². The van der Waals surface area contributed by atoms with Crippen molar-refractivity contribution in [2.75, 3.05) is 0 Å². The van der Waals surface area contributed by atoms with Gasteiger partial charge in [0.25, 0.3) is 0 Å². The Bertz CT molecular complexity index is 151. The maximum Gasteiger partial charge on any atom is 0.303 e. The fraction of sp³-hybridized carbons (Fsp3) is 0.714. The number of aliphatic carboxylic acids is 2. The van der Waals surface area contributed by atoms with Crippen molar-refractivity contribution in [3.8, 4) is 0 Å². The molecule has 0 saturated carbocycles. The zero-order valence-electron chi connectivity index (χ0n) is 6.69. The summed E-state index contributed by atoms with van der Waals surface area (Å²) in [5.74, 6) is -1.80. The van der Waals surface area contributed by atoms with E-state index in [4.69, 9.17) is 15.9 Å². The lowest BCUT2D eigenvalue weighted by atomic mass is 10.1. The third kappa shape index (κ3) is 7.01. The van der Waals surface area contributed by atoms with Gasteiger partial charge in [-0.1, -0.05) is 0 Å². The molecule has 0 aliphatic heterocycles. The number of hydrogen-bond acceptors (Lipinski definition) is 3. The molecular formula is C7H13NO4. The van der Waals surface area contributed by atoms with E-state index in [0.29, 0.717) is 12.8 Å². The summed E-state index contributed by atoms with van der Waals surface area (Å²) in [5, 5.41) is 16.5. The SMILES string of the molecule is NC(CCC(=O)O)CCC(=O)O. The van der Waals surface area contributed by atoms with Crippen LogP contribution in [0.2, 0.25) is 0 Å². The first-order chi connectivity index (χ1) is 5.52. The number of hydrogen-bond donors (Lipinski definition) is 3. The minimum absolute atomic E-state index is 0.000779. The Kier molecular flexibility index (Phi) is 5.03. The predicted molar refractivity (Wildman–Crippen MR) is 41.7 cm³/mol. The molecule has 0 fully saturated rings. The van der Waals surface area contributed by atoms with Crippen LogP contribution in [0.5, 0.6) is 0 Å². The minimum Gasteiger partial charge on any atom is -0.481 e. The van der Waals surface area contributed by atoms with Crippen molar-refractivity contribution in [3.63, 3.8) is 0 Å². The molecule has 0 heterocycles. The van der Waals surface area contributed by atoms with E-state index in [1.165, 1.54) is 0 Å². The van der Waals surface area contributed by atoms with Crippen LogP contribution in [-0.2, 0) is 9.59 Å². The Morgan fingerprint density at radius 1 is 1.08 bits per heavy atom. The van der Waals surface area contributed by atoms with Gasteiger partial charge in [0.05, 0.1) is 0 Å². The Morgan fingerprint density at radius 3 is 1.67 bits per heavy atom. The van der Waals surface area contributed by atoms with E-state index in [0.717, 1.165) is 0 Å². The zero-order valence-corrected chi connectivity index (χ0v) is 6.69. The van der Waals surface area contributed by atoms with E-state index < -0.39 is 11.9 Å². The lowest BCUT2D eigenvalue weighted by Crippen LogP contribution is -2.22. The number of carbonyl (C=O) groups is 2. The first-order valence-corrected chi connectivity index (χ1v) is 3.71. The van der Waals surface area contributed by atoms with Gasteiger partial charge in [0.15, 0.2) is 0 Å². The van der Waals surface area contributed by atoms with Crippen molar-refractivity contribution in [1.29, 1.82) is 0 Å². The van der Waals surface area contributed by atoms with E-state index in [9.17, 15) is 9.59 Å². The van der Waals surface area contributed by atoms with Crippen molar-refractivity contribution in [1.82, 2.24) is 0 Å². The topological polar surface area (TPSA) is 101 Å². The number of nitrogens with two attached hydrogens (primary N) is 1. The first kappa shape index (κ1) is 10.9. The highest BCUT2D eigenvalue weighted by atomic mass is 16.4. The van der Waals surface area contributed by atoms with Crippen LogP contribution >= 0.6 is 0 Å². The molecule has 70 valence electrons. The lowest BCUT2D eigenvalue weighted by Gasteiger charge is -2.06. The third-order valence-corrected chi connectivity index (χ3v) is 1.46. The first-order valence-electron chi connectivity index (χ1n) is 3.71. The maximum atomic E-state index is 10.1. The normalized spacial score (nSPS) is 10.2. The Morgan fingerprint density at radius 2 is 1.42 bits per heavy atom. The van der Waals surface area contributed by atoms with Crippen LogP contribution in [0, 0.1) is 0 Å². The molecule has 0 amide bonds. The molecule has 0 aromatic heterocycles. The highest BCUT2D eigenvalue weighted by Gasteiger charge is 2.07. The summed E-state index contributed by atoms with van der Waals surface area (Å²) in [6, 6.07) is -0.322. The molecule has 0 aliphatic rings. The second kappa shape index (κ2) is 5.54. The standard InChI is InChI=1S/C7H13NO4/c8-5(1-3-6(9)10)2-4-7(11)12/h5H,1-4,8H2,(H,9,10)(H,11,12). The average Bonchev–Trinajstić information content (AvgIpc) is 1.96. The minimum atomic E-state index is -0.902. The summed E-state index contributed by atoms with van der Waals surface area (Å²) < 4.78 is 0. The van der Waals surface area contributed by atoms with Crippen LogP contribution in [0.1, 0.15) is 25.7 Å². The third-order valence-electron chi connectivity index (χ3n) is 1.46. The van der Waals surface area contributed by atoms with Gasteiger partial charge in [-0.2, -0.15) is 0 Å². The lowest BCUT2D eigenvalue weighted by molar-refractivity contribution is -0.137. The van der Waals surface area contributed by atoms with Gasteiger partial charge < -0.3 is 15.9 Å². The summed E-state index contributed by atoms with van der Waals surface area (Å²) in [6.45, 7) is 0. The molecule has 0 rings (SSSR count). The maximum absolute atomic E-state index is 10.1. The Balaban J connectivity index is 3.39. The summed E-state index contributed by atoms with van der Waals surface area (Å²) in [7, 11) is 0. The van der Waals surface area contributed by atoms with Gasteiger partial charge >= 0.3 is 11.9 Å². The van der Waals surface area contributed by atoms with Gasteiger partial charge in [-0.25, -0.2) is 0 Å². The van der Waals surface area contributed by atoms with Gasteiger partial charge in [0.1, 0.15) is 0 Å². The predicted octanol–water partition coefficient (Wildman–Crippen LogP) is 0.0433. The summed E-state index contributed by atoms with van der Waals surface area (Å²) in [6.07, 6.45) is 0.673. The molecule has 5 nitrogen and oxygen atoms in total. The molecule has 0 aromatic rings. The molecule has 0 aliphatic carbocycles. The molecule has 0 aromatic carbocycles. The molecule has 0 spiro atoms. The molecular weight excluding hydrogens is 162 g/mol. The van der Waals surface area contributed by atoms with Crippen LogP contribution in [-0.4, -0.2) is 28.2 Å². The number of carboxylic acids is 2. The van der Waals surface area contributed by atoms with Crippen LogP contribution < -0.4 is 5.73 Å². The van der Waals surface area contributed by atoms with Gasteiger partial charge in [-0.05, 0) is 12.8 Å².